The number of rotatable bonds is 5. The van der Waals surface area contributed by atoms with Crippen molar-refractivity contribution in [3.63, 3.8) is 0 Å². The zero-order chi connectivity index (χ0) is 13.9. The lowest BCUT2D eigenvalue weighted by molar-refractivity contribution is 0.251. The summed E-state index contributed by atoms with van der Waals surface area (Å²) in [5.74, 6) is 0.799. The third-order valence-electron chi connectivity index (χ3n) is 3.05. The molecule has 6 nitrogen and oxygen atoms in total. The smallest absolute Gasteiger partial charge is 0.335 e. The Morgan fingerprint density at radius 1 is 1.35 bits per heavy atom. The molecule has 2 heterocycles. The van der Waals surface area contributed by atoms with Crippen molar-refractivity contribution in [2.24, 2.45) is 7.05 Å². The minimum Gasteiger partial charge on any atom is -0.457 e. The van der Waals surface area contributed by atoms with Crippen LogP contribution >= 0.6 is 0 Å². The Morgan fingerprint density at radius 3 is 2.95 bits per heavy atom. The van der Waals surface area contributed by atoms with Crippen LogP contribution in [0, 0.1) is 0 Å². The van der Waals surface area contributed by atoms with Gasteiger partial charge in [0.15, 0.2) is 0 Å². The SMILES string of the molecule is CNCc1c(COc2ncn(C)n2)oc2ccccc12. The van der Waals surface area contributed by atoms with Crippen molar-refractivity contribution in [2.45, 2.75) is 13.2 Å². The highest BCUT2D eigenvalue weighted by molar-refractivity contribution is 5.82. The average molecular weight is 272 g/mol. The molecule has 0 atom stereocenters. The first-order valence-electron chi connectivity index (χ1n) is 6.40. The van der Waals surface area contributed by atoms with Crippen molar-refractivity contribution in [3.05, 3.63) is 41.9 Å². The zero-order valence-electron chi connectivity index (χ0n) is 11.5. The van der Waals surface area contributed by atoms with Crippen LogP contribution in [0.3, 0.4) is 0 Å². The number of aryl methyl sites for hydroxylation is 1. The highest BCUT2D eigenvalue weighted by Crippen LogP contribution is 2.26. The van der Waals surface area contributed by atoms with Crippen LogP contribution in [0.1, 0.15) is 11.3 Å². The van der Waals surface area contributed by atoms with Crippen LogP contribution in [-0.4, -0.2) is 21.8 Å². The fourth-order valence-corrected chi connectivity index (χ4v) is 2.15. The second-order valence-electron chi connectivity index (χ2n) is 4.52. The van der Waals surface area contributed by atoms with Crippen molar-refractivity contribution in [2.75, 3.05) is 7.05 Å². The summed E-state index contributed by atoms with van der Waals surface area (Å²) in [5.41, 5.74) is 1.98. The topological polar surface area (TPSA) is 65.1 Å². The molecule has 2 aromatic heterocycles. The molecule has 0 aliphatic rings. The van der Waals surface area contributed by atoms with Crippen LogP contribution in [0.15, 0.2) is 35.0 Å². The maximum atomic E-state index is 5.85. The number of hydrogen-bond acceptors (Lipinski definition) is 5. The summed E-state index contributed by atoms with van der Waals surface area (Å²) in [6.07, 6.45) is 1.60. The maximum absolute atomic E-state index is 5.85. The van der Waals surface area contributed by atoms with Crippen molar-refractivity contribution in [1.29, 1.82) is 0 Å². The van der Waals surface area contributed by atoms with E-state index in [1.54, 1.807) is 18.1 Å². The van der Waals surface area contributed by atoms with Crippen LogP contribution < -0.4 is 10.1 Å². The predicted octanol–water partition coefficient (Wildman–Crippen LogP) is 1.86. The summed E-state index contributed by atoms with van der Waals surface area (Å²) in [7, 11) is 3.71. The summed E-state index contributed by atoms with van der Waals surface area (Å²) in [6.45, 7) is 1.04. The first kappa shape index (κ1) is 12.7. The number of nitrogens with one attached hydrogen (secondary N) is 1. The van der Waals surface area contributed by atoms with E-state index in [1.807, 2.05) is 31.3 Å². The molecule has 0 bridgehead atoms. The second kappa shape index (κ2) is 5.34. The Hall–Kier alpha value is -2.34. The Labute approximate surface area is 116 Å². The number of nitrogens with zero attached hydrogens (tertiary/aromatic N) is 3. The van der Waals surface area contributed by atoms with Gasteiger partial charge < -0.3 is 14.5 Å². The lowest BCUT2D eigenvalue weighted by Crippen LogP contribution is -2.08. The van der Waals surface area contributed by atoms with E-state index in [2.05, 4.69) is 15.4 Å². The van der Waals surface area contributed by atoms with E-state index in [0.29, 0.717) is 12.6 Å². The van der Waals surface area contributed by atoms with Gasteiger partial charge in [-0.25, -0.2) is 0 Å². The molecule has 0 radical (unpaired) electrons. The molecule has 6 heteroatoms. The van der Waals surface area contributed by atoms with Crippen LogP contribution in [0.2, 0.25) is 0 Å². The van der Waals surface area contributed by atoms with Gasteiger partial charge >= 0.3 is 6.01 Å². The molecule has 0 aliphatic heterocycles. The van der Waals surface area contributed by atoms with Crippen LogP contribution in [0.25, 0.3) is 11.0 Å². The zero-order valence-corrected chi connectivity index (χ0v) is 11.5. The fraction of sp³-hybridized carbons (Fsp3) is 0.286. The fourth-order valence-electron chi connectivity index (χ4n) is 2.15. The van der Waals surface area contributed by atoms with Crippen molar-refractivity contribution >= 4 is 11.0 Å². The van der Waals surface area contributed by atoms with Gasteiger partial charge in [0.1, 0.15) is 24.3 Å². The van der Waals surface area contributed by atoms with E-state index < -0.39 is 0 Å². The third-order valence-corrected chi connectivity index (χ3v) is 3.05. The Morgan fingerprint density at radius 2 is 2.20 bits per heavy atom. The average Bonchev–Trinajstić information content (AvgIpc) is 3.02. The minimum atomic E-state index is 0.315. The first-order valence-corrected chi connectivity index (χ1v) is 6.40. The van der Waals surface area contributed by atoms with E-state index in [-0.39, 0.29) is 0 Å². The van der Waals surface area contributed by atoms with Crippen molar-refractivity contribution in [1.82, 2.24) is 20.1 Å². The first-order chi connectivity index (χ1) is 9.78. The molecular weight excluding hydrogens is 256 g/mol. The Bertz CT molecular complexity index is 717. The molecule has 0 spiro atoms. The molecule has 0 unspecified atom stereocenters. The Kier molecular flexibility index (Phi) is 3.39. The molecule has 0 amide bonds. The molecule has 20 heavy (non-hydrogen) atoms. The maximum Gasteiger partial charge on any atom is 0.335 e. The van der Waals surface area contributed by atoms with Crippen molar-refractivity contribution in [3.8, 4) is 6.01 Å². The van der Waals surface area contributed by atoms with E-state index >= 15 is 0 Å². The van der Waals surface area contributed by atoms with Crippen molar-refractivity contribution < 1.29 is 9.15 Å². The highest BCUT2D eigenvalue weighted by Gasteiger charge is 2.14. The number of benzene rings is 1. The predicted molar refractivity (Wildman–Crippen MR) is 74.3 cm³/mol. The summed E-state index contributed by atoms with van der Waals surface area (Å²) >= 11 is 0. The lowest BCUT2D eigenvalue weighted by atomic mass is 10.1. The summed E-state index contributed by atoms with van der Waals surface area (Å²) < 4.78 is 13.0. The molecular formula is C14H16N4O2. The number of fused-ring (bicyclic) bond motifs is 1. The number of para-hydroxylation sites is 1. The number of furan rings is 1. The molecule has 3 rings (SSSR count). The molecule has 1 aromatic carbocycles. The number of hydrogen-bond donors (Lipinski definition) is 1. The monoisotopic (exact) mass is 272 g/mol. The number of ether oxygens (including phenoxy) is 1. The van der Waals surface area contributed by atoms with Crippen LogP contribution in [0.4, 0.5) is 0 Å². The largest absolute Gasteiger partial charge is 0.457 e. The van der Waals surface area contributed by atoms with Gasteiger partial charge in [-0.2, -0.15) is 4.98 Å². The van der Waals surface area contributed by atoms with Gasteiger partial charge in [0.2, 0.25) is 0 Å². The van der Waals surface area contributed by atoms with E-state index in [9.17, 15) is 0 Å². The van der Waals surface area contributed by atoms with Gasteiger partial charge in [-0.05, 0) is 13.1 Å². The summed E-state index contributed by atoms with van der Waals surface area (Å²) in [6, 6.07) is 8.32. The van der Waals surface area contributed by atoms with Gasteiger partial charge in [-0.15, -0.1) is 5.10 Å². The normalized spacial score (nSPS) is 11.1. The second-order valence-corrected chi connectivity index (χ2v) is 4.52. The summed E-state index contributed by atoms with van der Waals surface area (Å²) in [5, 5.41) is 8.34. The highest BCUT2D eigenvalue weighted by atomic mass is 16.5. The third kappa shape index (κ3) is 2.37. The molecule has 0 saturated heterocycles. The van der Waals surface area contributed by atoms with Gasteiger partial charge in [0.05, 0.1) is 0 Å². The lowest BCUT2D eigenvalue weighted by Gasteiger charge is -2.02. The van der Waals surface area contributed by atoms with E-state index in [0.717, 1.165) is 28.8 Å². The van der Waals surface area contributed by atoms with E-state index in [4.69, 9.17) is 9.15 Å². The molecule has 0 saturated carbocycles. The van der Waals surface area contributed by atoms with Gasteiger partial charge in [-0.3, -0.25) is 4.68 Å². The molecule has 0 fully saturated rings. The van der Waals surface area contributed by atoms with Gasteiger partial charge in [0, 0.05) is 24.5 Å². The van der Waals surface area contributed by atoms with Gasteiger partial charge in [-0.1, -0.05) is 18.2 Å². The Balaban J connectivity index is 1.87. The summed E-state index contributed by atoms with van der Waals surface area (Å²) in [4.78, 5) is 4.03. The standard InChI is InChI=1S/C14H16N4O2/c1-15-7-11-10-5-3-4-6-12(10)20-13(11)8-19-14-16-9-18(2)17-14/h3-6,9,15H,7-8H2,1-2H3. The van der Waals surface area contributed by atoms with Gasteiger partial charge in [0.25, 0.3) is 0 Å². The van der Waals surface area contributed by atoms with Crippen LogP contribution in [-0.2, 0) is 20.2 Å². The quantitative estimate of drug-likeness (QED) is 0.768. The molecule has 3 aromatic rings. The molecule has 104 valence electrons. The van der Waals surface area contributed by atoms with E-state index in [1.165, 1.54) is 0 Å². The van der Waals surface area contributed by atoms with Crippen LogP contribution in [0.5, 0.6) is 6.01 Å². The molecule has 1 N–H and O–H groups in total. The number of aromatic nitrogens is 3. The minimum absolute atomic E-state index is 0.315. The molecule has 0 aliphatic carbocycles.